The van der Waals surface area contributed by atoms with Crippen LogP contribution in [-0.2, 0) is 67.4 Å². The van der Waals surface area contributed by atoms with Crippen LogP contribution in [0.2, 0.25) is 0 Å². The number of quaternary nitrogens is 1. The number of nitrogens with one attached hydrogen (secondary N) is 4. The number of hydrogen-bond donors (Lipinski definition) is 4. The van der Waals surface area contributed by atoms with Crippen molar-refractivity contribution in [1.29, 1.82) is 0 Å². The number of anilines is 2. The molecule has 85 heavy (non-hydrogen) atoms. The van der Waals surface area contributed by atoms with Gasteiger partial charge in [0, 0.05) is 36.9 Å². The molecule has 3 aliphatic heterocycles. The lowest BCUT2D eigenvalue weighted by molar-refractivity contribution is -0.164. The van der Waals surface area contributed by atoms with Crippen LogP contribution in [-0.4, -0.2) is 146 Å². The van der Waals surface area contributed by atoms with Crippen LogP contribution in [0, 0.1) is 0 Å². The minimum atomic E-state index is -1.88. The lowest BCUT2D eigenvalue weighted by Crippen LogP contribution is -2.69. The average molecular weight is 1180 g/mol. The van der Waals surface area contributed by atoms with Gasteiger partial charge in [0.25, 0.3) is 5.91 Å². The molecule has 444 valence electrons. The molecule has 3 heterocycles. The maximum atomic E-state index is 14.5. The van der Waals surface area contributed by atoms with E-state index < -0.39 is 118 Å². The number of imide groups is 1. The number of thioether (sulfide) groups is 1. The van der Waals surface area contributed by atoms with Crippen LogP contribution in [0.3, 0.4) is 0 Å². The Morgan fingerprint density at radius 1 is 0.741 bits per heavy atom. The highest BCUT2D eigenvalue weighted by atomic mass is 32.2. The Labute approximate surface area is 493 Å². The van der Waals surface area contributed by atoms with Gasteiger partial charge in [0.15, 0.2) is 23.3 Å². The summed E-state index contributed by atoms with van der Waals surface area (Å²) in [6.45, 7) is 5.34. The average Bonchev–Trinajstić information content (AvgIpc) is 0.911. The van der Waals surface area contributed by atoms with Crippen LogP contribution < -0.4 is 25.8 Å². The van der Waals surface area contributed by atoms with E-state index in [-0.39, 0.29) is 53.5 Å². The quantitative estimate of drug-likeness (QED) is 0.0221. The topological polar surface area (TPSA) is 281 Å². The van der Waals surface area contributed by atoms with Crippen LogP contribution >= 0.6 is 11.8 Å². The lowest BCUT2D eigenvalue weighted by Gasteiger charge is -2.50. The van der Waals surface area contributed by atoms with Crippen molar-refractivity contribution < 1.29 is 76.4 Å². The molecule has 0 bridgehead atoms. The standard InChI is InChI=1S/C61H63N7O16S/c1-8-68(45-31-21-20-30-44(45)64-58(77)82-36-61(56(75)80-7,40-26-16-11-17-27-40)42-28-18-19-29-43(42)63-59(78)84-60(3,4)5)33-32-66(52(72)54(68)73)57(76)62-34-46(70)65-50-41(35-81-37(2)69)47(67-51(71)49(79-6)53(67)85-50)55(74)83-48(38-22-12-9-13-23-38)39-24-14-10-15-25-39/h9-31,48-50,53H,8,32-36H2,1-7H3,(H3-,62,63,64,65,70,76,77,78)/p+1/t49-,50?,53+,61?,68?/m1/s1. The Morgan fingerprint density at radius 2 is 1.33 bits per heavy atom. The molecule has 0 spiro atoms. The maximum absolute atomic E-state index is 14.5. The molecular weight excluding hydrogens is 1120 g/mol. The normalized spacial score (nSPS) is 19.1. The molecule has 3 aliphatic rings. The molecule has 2 fully saturated rings. The van der Waals surface area contributed by atoms with Gasteiger partial charge in [-0.2, -0.15) is 0 Å². The van der Waals surface area contributed by atoms with E-state index in [1.54, 1.807) is 155 Å². The Kier molecular flexibility index (Phi) is 19.2. The highest BCUT2D eigenvalue weighted by Crippen LogP contribution is 2.46. The van der Waals surface area contributed by atoms with Gasteiger partial charge >= 0.3 is 47.9 Å². The molecule has 24 heteroatoms. The molecule has 0 radical (unpaired) electrons. The molecule has 0 aromatic heterocycles. The first-order valence-electron chi connectivity index (χ1n) is 26.9. The number of β-lactam (4-membered cyclic amide) rings is 1. The predicted octanol–water partition coefficient (Wildman–Crippen LogP) is 6.67. The van der Waals surface area contributed by atoms with E-state index in [0.29, 0.717) is 21.6 Å². The number of piperazine rings is 1. The number of para-hydroxylation sites is 3. The Hall–Kier alpha value is -9.39. The van der Waals surface area contributed by atoms with Crippen LogP contribution in [0.1, 0.15) is 63.0 Å². The number of carbonyl (C=O) groups excluding carboxylic acids is 10. The van der Waals surface area contributed by atoms with Gasteiger partial charge in [-0.3, -0.25) is 39.5 Å². The number of fused-ring (bicyclic) bond motifs is 1. The number of hydrogen-bond acceptors (Lipinski definition) is 17. The number of esters is 3. The molecule has 5 aromatic carbocycles. The zero-order chi connectivity index (χ0) is 61.2. The van der Waals surface area contributed by atoms with Gasteiger partial charge in [0.1, 0.15) is 47.5 Å². The van der Waals surface area contributed by atoms with Crippen LogP contribution in [0.15, 0.2) is 151 Å². The van der Waals surface area contributed by atoms with Crippen molar-refractivity contribution in [2.45, 2.75) is 68.6 Å². The SMILES string of the molecule is CC[N+]1(c2ccccc2NC(=O)OCC(C(=O)OC)(c2ccccc2)c2ccccc2NC(=O)OC(C)(C)C)CCN(C(=O)NCC(=O)NC2S[C@H]3[C@H](OC)C(=O)N3C(C(=O)OC(c3ccccc3)c3ccccc3)=C2COC(C)=O)C(=O)C1=O. The molecule has 0 aliphatic carbocycles. The zero-order valence-corrected chi connectivity index (χ0v) is 48.4. The van der Waals surface area contributed by atoms with Crippen molar-refractivity contribution in [3.8, 4) is 0 Å². The molecule has 8 amide bonds. The Morgan fingerprint density at radius 3 is 1.93 bits per heavy atom. The van der Waals surface area contributed by atoms with Crippen molar-refractivity contribution in [3.05, 3.63) is 173 Å². The molecule has 3 unspecified atom stereocenters. The van der Waals surface area contributed by atoms with Crippen molar-refractivity contribution in [2.75, 3.05) is 64.2 Å². The molecule has 2 saturated heterocycles. The number of methoxy groups -OCH3 is 2. The molecule has 4 N–H and O–H groups in total. The summed E-state index contributed by atoms with van der Waals surface area (Å²) < 4.78 is 33.1. The summed E-state index contributed by atoms with van der Waals surface area (Å²) in [5.74, 6) is -6.24. The number of carbonyl (C=O) groups is 10. The van der Waals surface area contributed by atoms with Crippen molar-refractivity contribution in [1.82, 2.24) is 24.9 Å². The molecule has 0 saturated carbocycles. The smallest absolute Gasteiger partial charge is 0.412 e. The number of benzene rings is 5. The van der Waals surface area contributed by atoms with Gasteiger partial charge in [-0.15, -0.1) is 11.8 Å². The third-order valence-electron chi connectivity index (χ3n) is 14.3. The lowest BCUT2D eigenvalue weighted by atomic mass is 9.74. The second kappa shape index (κ2) is 26.5. The van der Waals surface area contributed by atoms with Gasteiger partial charge in [-0.1, -0.05) is 121 Å². The third-order valence-corrected chi connectivity index (χ3v) is 15.7. The number of likely N-dealkylation sites (N-methyl/N-ethyl adjacent to an activating group) is 1. The number of nitrogens with zero attached hydrogens (tertiary/aromatic N) is 3. The fourth-order valence-corrected chi connectivity index (χ4v) is 11.7. The van der Waals surface area contributed by atoms with Gasteiger partial charge in [-0.25, -0.2) is 33.4 Å². The minimum absolute atomic E-state index is 0.00521. The second-order valence-electron chi connectivity index (χ2n) is 20.7. The van der Waals surface area contributed by atoms with Gasteiger partial charge in [-0.05, 0) is 56.5 Å². The van der Waals surface area contributed by atoms with E-state index in [0.717, 1.165) is 18.7 Å². The van der Waals surface area contributed by atoms with E-state index >= 15 is 0 Å². The summed E-state index contributed by atoms with van der Waals surface area (Å²) in [6.07, 6.45) is -3.88. The van der Waals surface area contributed by atoms with E-state index in [1.807, 2.05) is 0 Å². The van der Waals surface area contributed by atoms with Gasteiger partial charge in [0.05, 0.1) is 26.7 Å². The van der Waals surface area contributed by atoms with E-state index in [1.165, 1.54) is 31.3 Å². The van der Waals surface area contributed by atoms with E-state index in [2.05, 4.69) is 21.3 Å². The first-order chi connectivity index (χ1) is 40.7. The molecule has 23 nitrogen and oxygen atoms in total. The summed E-state index contributed by atoms with van der Waals surface area (Å²) in [5, 5.41) is 8.48. The van der Waals surface area contributed by atoms with Gasteiger partial charge in [0.2, 0.25) is 5.91 Å². The zero-order valence-electron chi connectivity index (χ0n) is 47.6. The summed E-state index contributed by atoms with van der Waals surface area (Å²) >= 11 is 1.01. The number of ether oxygens (including phenoxy) is 6. The van der Waals surface area contributed by atoms with Crippen molar-refractivity contribution >= 4 is 88.6 Å². The monoisotopic (exact) mass is 1180 g/mol. The van der Waals surface area contributed by atoms with Crippen LogP contribution in [0.5, 0.6) is 0 Å². The highest BCUT2D eigenvalue weighted by molar-refractivity contribution is 8.00. The summed E-state index contributed by atoms with van der Waals surface area (Å²) in [7, 11) is 2.48. The van der Waals surface area contributed by atoms with Crippen LogP contribution in [0.25, 0.3) is 0 Å². The number of rotatable bonds is 19. The summed E-state index contributed by atoms with van der Waals surface area (Å²) in [5.41, 5.74) is -0.877. The largest absolute Gasteiger partial charge is 0.468 e. The fourth-order valence-electron chi connectivity index (χ4n) is 10.2. The minimum Gasteiger partial charge on any atom is -0.468 e. The summed E-state index contributed by atoms with van der Waals surface area (Å²) in [4.78, 5) is 140. The highest BCUT2D eigenvalue weighted by Gasteiger charge is 2.57. The summed E-state index contributed by atoms with van der Waals surface area (Å²) in [6, 6.07) is 37.6. The van der Waals surface area contributed by atoms with Crippen molar-refractivity contribution in [3.63, 3.8) is 0 Å². The molecule has 5 atom stereocenters. The third kappa shape index (κ3) is 13.2. The first kappa shape index (κ1) is 61.7. The molecule has 5 aromatic rings. The van der Waals surface area contributed by atoms with E-state index in [4.69, 9.17) is 28.4 Å². The van der Waals surface area contributed by atoms with Crippen LogP contribution in [0.4, 0.5) is 31.4 Å². The first-order valence-corrected chi connectivity index (χ1v) is 27.9. The maximum Gasteiger partial charge on any atom is 0.412 e. The second-order valence-corrected chi connectivity index (χ2v) is 21.9. The number of amides is 8. The number of urea groups is 1. The van der Waals surface area contributed by atoms with Gasteiger partial charge < -0.3 is 39.1 Å². The molecule has 8 rings (SSSR count). The predicted molar refractivity (Wildman–Crippen MR) is 310 cm³/mol. The Balaban J connectivity index is 0.976. The fraction of sp³-hybridized carbons (Fsp3) is 0.311. The molecular formula is C61H64N7O16S+. The Bertz CT molecular complexity index is 3380. The van der Waals surface area contributed by atoms with E-state index in [9.17, 15) is 47.9 Å². The van der Waals surface area contributed by atoms with Crippen molar-refractivity contribution in [2.24, 2.45) is 0 Å².